The van der Waals surface area contributed by atoms with Crippen molar-refractivity contribution in [2.75, 3.05) is 6.61 Å². The second-order valence-electron chi connectivity index (χ2n) is 4.56. The molecule has 84 valence electrons. The van der Waals surface area contributed by atoms with Gasteiger partial charge in [0, 0.05) is 12.6 Å². The molecule has 1 saturated carbocycles. The van der Waals surface area contributed by atoms with Crippen molar-refractivity contribution in [3.05, 3.63) is 29.6 Å². The Morgan fingerprint density at radius 1 is 1.44 bits per heavy atom. The van der Waals surface area contributed by atoms with E-state index in [9.17, 15) is 0 Å². The molecule has 0 unspecified atom stereocenters. The van der Waals surface area contributed by atoms with E-state index in [4.69, 9.17) is 5.11 Å². The van der Waals surface area contributed by atoms with Gasteiger partial charge in [0.1, 0.15) is 5.82 Å². The summed E-state index contributed by atoms with van der Waals surface area (Å²) in [6.07, 6.45) is 3.28. The zero-order valence-electron chi connectivity index (χ0n) is 9.48. The van der Waals surface area contributed by atoms with Crippen molar-refractivity contribution >= 4 is 11.0 Å². The maximum Gasteiger partial charge on any atom is 0.106 e. The molecule has 0 radical (unpaired) electrons. The van der Waals surface area contributed by atoms with Crippen LogP contribution in [0.3, 0.4) is 0 Å². The molecule has 1 aliphatic carbocycles. The molecule has 1 N–H and O–H groups in total. The summed E-state index contributed by atoms with van der Waals surface area (Å²) in [5.41, 5.74) is 3.47. The van der Waals surface area contributed by atoms with Crippen molar-refractivity contribution in [3.8, 4) is 0 Å². The van der Waals surface area contributed by atoms with E-state index < -0.39 is 0 Å². The molecule has 0 saturated heterocycles. The summed E-state index contributed by atoms with van der Waals surface area (Å²) in [6, 6.07) is 7.00. The molecular weight excluding hydrogens is 200 g/mol. The Bertz CT molecular complexity index is 526. The quantitative estimate of drug-likeness (QED) is 0.854. The molecule has 16 heavy (non-hydrogen) atoms. The van der Waals surface area contributed by atoms with Crippen molar-refractivity contribution in [2.45, 2.75) is 32.2 Å². The van der Waals surface area contributed by atoms with Crippen LogP contribution in [0.1, 0.15) is 30.3 Å². The number of hydrogen-bond donors (Lipinski definition) is 1. The molecule has 3 nitrogen and oxygen atoms in total. The number of hydrogen-bond acceptors (Lipinski definition) is 2. The third-order valence-electron chi connectivity index (χ3n) is 3.24. The zero-order chi connectivity index (χ0) is 11.1. The first-order valence-electron chi connectivity index (χ1n) is 5.88. The average Bonchev–Trinajstić information content (AvgIpc) is 3.02. The topological polar surface area (TPSA) is 38.1 Å². The minimum Gasteiger partial charge on any atom is -0.396 e. The van der Waals surface area contributed by atoms with Crippen LogP contribution in [0.4, 0.5) is 0 Å². The van der Waals surface area contributed by atoms with Gasteiger partial charge in [-0.2, -0.15) is 0 Å². The van der Waals surface area contributed by atoms with Crippen molar-refractivity contribution < 1.29 is 5.11 Å². The van der Waals surface area contributed by atoms with Crippen LogP contribution in [0.15, 0.2) is 18.2 Å². The number of aliphatic hydroxyl groups is 1. The van der Waals surface area contributed by atoms with Gasteiger partial charge in [-0.05, 0) is 43.9 Å². The predicted octanol–water partition coefficient (Wildman–Crippen LogP) is 2.21. The number of aromatic nitrogens is 2. The Morgan fingerprint density at radius 2 is 2.25 bits per heavy atom. The fraction of sp³-hybridized carbons (Fsp3) is 0.462. The molecule has 2 aromatic rings. The molecule has 0 aliphatic heterocycles. The lowest BCUT2D eigenvalue weighted by Crippen LogP contribution is -1.96. The first-order valence-corrected chi connectivity index (χ1v) is 5.88. The van der Waals surface area contributed by atoms with Gasteiger partial charge in [-0.1, -0.05) is 6.07 Å². The van der Waals surface area contributed by atoms with Crippen LogP contribution in [0, 0.1) is 6.92 Å². The van der Waals surface area contributed by atoms with Crippen LogP contribution in [0.25, 0.3) is 11.0 Å². The normalized spacial score (nSPS) is 15.9. The van der Waals surface area contributed by atoms with Crippen LogP contribution in [-0.4, -0.2) is 21.3 Å². The summed E-state index contributed by atoms with van der Waals surface area (Å²) in [5.74, 6) is 1.11. The highest BCUT2D eigenvalue weighted by atomic mass is 16.2. The molecule has 0 atom stereocenters. The maximum atomic E-state index is 8.92. The summed E-state index contributed by atoms with van der Waals surface area (Å²) < 4.78 is 2.35. The lowest BCUT2D eigenvalue weighted by Gasteiger charge is -2.04. The third-order valence-corrected chi connectivity index (χ3v) is 3.24. The Hall–Kier alpha value is -1.35. The highest BCUT2D eigenvalue weighted by molar-refractivity contribution is 5.77. The Balaban J connectivity index is 2.12. The molecule has 3 heteroatoms. The summed E-state index contributed by atoms with van der Waals surface area (Å²) in [4.78, 5) is 4.60. The van der Waals surface area contributed by atoms with Gasteiger partial charge in [0.05, 0.1) is 11.0 Å². The average molecular weight is 216 g/mol. The highest BCUT2D eigenvalue weighted by Crippen LogP contribution is 2.38. The number of aliphatic hydroxyl groups excluding tert-OH is 1. The molecule has 1 aliphatic rings. The largest absolute Gasteiger partial charge is 0.396 e. The summed E-state index contributed by atoms with van der Waals surface area (Å²) in [6.45, 7) is 2.28. The summed E-state index contributed by atoms with van der Waals surface area (Å²) in [7, 11) is 0. The van der Waals surface area contributed by atoms with E-state index in [0.717, 1.165) is 16.9 Å². The molecule has 0 bridgehead atoms. The van der Waals surface area contributed by atoms with Gasteiger partial charge in [-0.25, -0.2) is 4.98 Å². The third kappa shape index (κ3) is 1.52. The number of benzene rings is 1. The SMILES string of the molecule is Cc1nc2cc(CCO)ccc2n1C1CC1. The molecule has 1 fully saturated rings. The van der Waals surface area contributed by atoms with Crippen LogP contribution < -0.4 is 0 Å². The molecule has 0 spiro atoms. The number of rotatable bonds is 3. The molecule has 1 aromatic heterocycles. The Labute approximate surface area is 94.7 Å². The van der Waals surface area contributed by atoms with Crippen molar-refractivity contribution in [2.24, 2.45) is 0 Å². The van der Waals surface area contributed by atoms with Crippen LogP contribution in [-0.2, 0) is 6.42 Å². The first kappa shape index (κ1) is 9.85. The van der Waals surface area contributed by atoms with E-state index in [-0.39, 0.29) is 6.61 Å². The minimum absolute atomic E-state index is 0.202. The number of aryl methyl sites for hydroxylation is 1. The van der Waals surface area contributed by atoms with E-state index in [1.165, 1.54) is 18.4 Å². The monoisotopic (exact) mass is 216 g/mol. The fourth-order valence-electron chi connectivity index (χ4n) is 2.34. The van der Waals surface area contributed by atoms with Crippen LogP contribution in [0.2, 0.25) is 0 Å². The van der Waals surface area contributed by atoms with E-state index in [1.807, 2.05) is 0 Å². The maximum absolute atomic E-state index is 8.92. The van der Waals surface area contributed by atoms with Gasteiger partial charge in [-0.15, -0.1) is 0 Å². The smallest absolute Gasteiger partial charge is 0.106 e. The lowest BCUT2D eigenvalue weighted by atomic mass is 10.1. The van der Waals surface area contributed by atoms with Gasteiger partial charge >= 0.3 is 0 Å². The van der Waals surface area contributed by atoms with Gasteiger partial charge in [-0.3, -0.25) is 0 Å². The highest BCUT2D eigenvalue weighted by Gasteiger charge is 2.26. The molecule has 0 amide bonds. The number of imidazole rings is 1. The molecule has 1 heterocycles. The molecular formula is C13H16N2O. The van der Waals surface area contributed by atoms with E-state index in [0.29, 0.717) is 12.5 Å². The molecule has 3 rings (SSSR count). The summed E-state index contributed by atoms with van der Waals surface area (Å²) >= 11 is 0. The number of nitrogens with zero attached hydrogens (tertiary/aromatic N) is 2. The van der Waals surface area contributed by atoms with Gasteiger partial charge in [0.2, 0.25) is 0 Å². The number of fused-ring (bicyclic) bond motifs is 1. The lowest BCUT2D eigenvalue weighted by molar-refractivity contribution is 0.299. The van der Waals surface area contributed by atoms with E-state index in [2.05, 4.69) is 34.7 Å². The molecule has 1 aromatic carbocycles. The van der Waals surface area contributed by atoms with Crippen molar-refractivity contribution in [1.29, 1.82) is 0 Å². The van der Waals surface area contributed by atoms with Crippen LogP contribution >= 0.6 is 0 Å². The predicted molar refractivity (Wildman–Crippen MR) is 63.5 cm³/mol. The Morgan fingerprint density at radius 3 is 2.94 bits per heavy atom. The van der Waals surface area contributed by atoms with Crippen LogP contribution in [0.5, 0.6) is 0 Å². The van der Waals surface area contributed by atoms with E-state index in [1.54, 1.807) is 0 Å². The van der Waals surface area contributed by atoms with Gasteiger partial charge < -0.3 is 9.67 Å². The van der Waals surface area contributed by atoms with E-state index >= 15 is 0 Å². The first-order chi connectivity index (χ1) is 7.79. The zero-order valence-corrected chi connectivity index (χ0v) is 9.48. The van der Waals surface area contributed by atoms with Crippen molar-refractivity contribution in [1.82, 2.24) is 9.55 Å². The van der Waals surface area contributed by atoms with Gasteiger partial charge in [0.25, 0.3) is 0 Å². The van der Waals surface area contributed by atoms with Crippen molar-refractivity contribution in [3.63, 3.8) is 0 Å². The summed E-state index contributed by atoms with van der Waals surface area (Å²) in [5, 5.41) is 8.92. The second kappa shape index (κ2) is 3.59. The fourth-order valence-corrected chi connectivity index (χ4v) is 2.34. The standard InChI is InChI=1S/C13H16N2O/c1-9-14-12-8-10(6-7-16)2-5-13(12)15(9)11-3-4-11/h2,5,8,11,16H,3-4,6-7H2,1H3. The Kier molecular flexibility index (Phi) is 2.21. The minimum atomic E-state index is 0.202. The second-order valence-corrected chi connectivity index (χ2v) is 4.56. The van der Waals surface area contributed by atoms with Gasteiger partial charge in [0.15, 0.2) is 0 Å².